The van der Waals surface area contributed by atoms with Gasteiger partial charge < -0.3 is 0 Å². The minimum atomic E-state index is 0.587. The third-order valence-electron chi connectivity index (χ3n) is 4.81. The molecule has 2 aromatic rings. The number of halogens is 1. The molecule has 0 N–H and O–H groups in total. The van der Waals surface area contributed by atoms with Crippen LogP contribution in [0.1, 0.15) is 61.1 Å². The maximum absolute atomic E-state index is 5.87. The van der Waals surface area contributed by atoms with Crippen LogP contribution in [0.3, 0.4) is 0 Å². The Labute approximate surface area is 132 Å². The van der Waals surface area contributed by atoms with Crippen molar-refractivity contribution in [3.63, 3.8) is 0 Å². The standard InChI is InChI=1S/C19H22ClN/c1-2-14-3-5-15(6-4-14)16-7-9-17(10-8-16)18-11-12-19(20)21-13-18/h3-6,11-13,16-17H,2,7-10H2,1H3. The second-order valence-corrected chi connectivity index (χ2v) is 6.45. The molecule has 1 saturated carbocycles. The van der Waals surface area contributed by atoms with Crippen LogP contribution in [0.5, 0.6) is 0 Å². The van der Waals surface area contributed by atoms with E-state index >= 15 is 0 Å². The Morgan fingerprint density at radius 1 is 0.905 bits per heavy atom. The van der Waals surface area contributed by atoms with Gasteiger partial charge in [-0.15, -0.1) is 0 Å². The Bertz CT molecular complexity index is 566. The summed E-state index contributed by atoms with van der Waals surface area (Å²) in [4.78, 5) is 4.22. The quantitative estimate of drug-likeness (QED) is 0.659. The molecule has 0 amide bonds. The van der Waals surface area contributed by atoms with E-state index in [9.17, 15) is 0 Å². The Balaban J connectivity index is 1.62. The van der Waals surface area contributed by atoms with Gasteiger partial charge in [-0.2, -0.15) is 0 Å². The van der Waals surface area contributed by atoms with E-state index in [0.29, 0.717) is 11.1 Å². The molecule has 3 rings (SSSR count). The zero-order chi connectivity index (χ0) is 14.7. The van der Waals surface area contributed by atoms with E-state index in [0.717, 1.165) is 12.3 Å². The molecule has 0 aliphatic heterocycles. The summed E-state index contributed by atoms with van der Waals surface area (Å²) in [5.74, 6) is 1.38. The molecule has 1 nitrogen and oxygen atoms in total. The van der Waals surface area contributed by atoms with Crippen LogP contribution in [0.4, 0.5) is 0 Å². The van der Waals surface area contributed by atoms with E-state index in [-0.39, 0.29) is 0 Å². The molecular weight excluding hydrogens is 278 g/mol. The number of pyridine rings is 1. The summed E-state index contributed by atoms with van der Waals surface area (Å²) in [6, 6.07) is 13.3. The van der Waals surface area contributed by atoms with E-state index in [1.807, 2.05) is 12.3 Å². The predicted octanol–water partition coefficient (Wildman–Crippen LogP) is 5.74. The Kier molecular flexibility index (Phi) is 4.60. The van der Waals surface area contributed by atoms with Crippen LogP contribution >= 0.6 is 11.6 Å². The van der Waals surface area contributed by atoms with E-state index in [1.54, 1.807) is 0 Å². The lowest BCUT2D eigenvalue weighted by atomic mass is 9.76. The van der Waals surface area contributed by atoms with Gasteiger partial charge in [0, 0.05) is 6.20 Å². The summed E-state index contributed by atoms with van der Waals surface area (Å²) in [5, 5.41) is 0.587. The fourth-order valence-electron chi connectivity index (χ4n) is 3.41. The second kappa shape index (κ2) is 6.62. The van der Waals surface area contributed by atoms with Gasteiger partial charge in [0.2, 0.25) is 0 Å². The molecule has 0 spiro atoms. The summed E-state index contributed by atoms with van der Waals surface area (Å²) in [6.45, 7) is 2.21. The third kappa shape index (κ3) is 3.47. The molecule has 1 fully saturated rings. The van der Waals surface area contributed by atoms with Crippen LogP contribution in [0.15, 0.2) is 42.6 Å². The van der Waals surface area contributed by atoms with Crippen molar-refractivity contribution in [2.45, 2.75) is 50.9 Å². The number of hydrogen-bond donors (Lipinski definition) is 0. The smallest absolute Gasteiger partial charge is 0.129 e. The Hall–Kier alpha value is -1.34. The largest absolute Gasteiger partial charge is 0.244 e. The number of hydrogen-bond acceptors (Lipinski definition) is 1. The molecule has 2 heteroatoms. The number of benzene rings is 1. The van der Waals surface area contributed by atoms with E-state index < -0.39 is 0 Å². The molecule has 1 aromatic carbocycles. The minimum absolute atomic E-state index is 0.587. The first-order valence-corrected chi connectivity index (χ1v) is 8.34. The van der Waals surface area contributed by atoms with Gasteiger partial charge in [-0.05, 0) is 66.7 Å². The second-order valence-electron chi connectivity index (χ2n) is 6.06. The molecule has 0 unspecified atom stereocenters. The van der Waals surface area contributed by atoms with Crippen LogP contribution in [0.25, 0.3) is 0 Å². The van der Waals surface area contributed by atoms with Crippen LogP contribution in [-0.2, 0) is 6.42 Å². The van der Waals surface area contributed by atoms with Crippen molar-refractivity contribution < 1.29 is 0 Å². The van der Waals surface area contributed by atoms with Gasteiger partial charge >= 0.3 is 0 Å². The zero-order valence-corrected chi connectivity index (χ0v) is 13.3. The fourth-order valence-corrected chi connectivity index (χ4v) is 3.53. The highest BCUT2D eigenvalue weighted by atomic mass is 35.5. The summed E-state index contributed by atoms with van der Waals surface area (Å²) >= 11 is 5.87. The van der Waals surface area contributed by atoms with E-state index in [1.165, 1.54) is 42.4 Å². The van der Waals surface area contributed by atoms with Crippen molar-refractivity contribution in [3.05, 3.63) is 64.4 Å². The molecule has 1 heterocycles. The van der Waals surface area contributed by atoms with Crippen molar-refractivity contribution in [2.24, 2.45) is 0 Å². The lowest BCUT2D eigenvalue weighted by molar-refractivity contribution is 0.396. The average Bonchev–Trinajstić information content (AvgIpc) is 2.56. The lowest BCUT2D eigenvalue weighted by Crippen LogP contribution is -2.12. The molecule has 0 saturated heterocycles. The van der Waals surface area contributed by atoms with Gasteiger partial charge in [0.15, 0.2) is 0 Å². The number of aromatic nitrogens is 1. The first kappa shape index (κ1) is 14.6. The summed E-state index contributed by atoms with van der Waals surface area (Å²) in [5.41, 5.74) is 4.29. The van der Waals surface area contributed by atoms with Crippen LogP contribution < -0.4 is 0 Å². The topological polar surface area (TPSA) is 12.9 Å². The fraction of sp³-hybridized carbons (Fsp3) is 0.421. The van der Waals surface area contributed by atoms with Crippen LogP contribution in [-0.4, -0.2) is 4.98 Å². The normalized spacial score (nSPS) is 22.2. The number of aryl methyl sites for hydroxylation is 1. The van der Waals surface area contributed by atoms with Crippen LogP contribution in [0.2, 0.25) is 5.15 Å². The van der Waals surface area contributed by atoms with Gasteiger partial charge in [-0.3, -0.25) is 0 Å². The number of rotatable bonds is 3. The SMILES string of the molecule is CCc1ccc(C2CCC(c3ccc(Cl)nc3)CC2)cc1. The minimum Gasteiger partial charge on any atom is -0.244 e. The Morgan fingerprint density at radius 2 is 1.48 bits per heavy atom. The van der Waals surface area contributed by atoms with Gasteiger partial charge in [0.1, 0.15) is 5.15 Å². The summed E-state index contributed by atoms with van der Waals surface area (Å²) < 4.78 is 0. The lowest BCUT2D eigenvalue weighted by Gasteiger charge is -2.29. The molecule has 0 radical (unpaired) electrons. The maximum Gasteiger partial charge on any atom is 0.129 e. The van der Waals surface area contributed by atoms with Gasteiger partial charge in [-0.25, -0.2) is 4.98 Å². The van der Waals surface area contributed by atoms with Gasteiger partial charge in [-0.1, -0.05) is 48.9 Å². The highest BCUT2D eigenvalue weighted by Gasteiger charge is 2.23. The highest BCUT2D eigenvalue weighted by molar-refractivity contribution is 6.29. The first-order chi connectivity index (χ1) is 10.3. The first-order valence-electron chi connectivity index (χ1n) is 7.96. The third-order valence-corrected chi connectivity index (χ3v) is 5.03. The average molecular weight is 300 g/mol. The molecule has 0 atom stereocenters. The Morgan fingerprint density at radius 3 is 2.00 bits per heavy atom. The van der Waals surface area contributed by atoms with E-state index in [4.69, 9.17) is 11.6 Å². The van der Waals surface area contributed by atoms with Crippen molar-refractivity contribution in [1.29, 1.82) is 0 Å². The van der Waals surface area contributed by atoms with Crippen molar-refractivity contribution in [2.75, 3.05) is 0 Å². The van der Waals surface area contributed by atoms with Gasteiger partial charge in [0.25, 0.3) is 0 Å². The monoisotopic (exact) mass is 299 g/mol. The molecule has 1 aliphatic rings. The van der Waals surface area contributed by atoms with E-state index in [2.05, 4.69) is 42.2 Å². The van der Waals surface area contributed by atoms with Crippen LogP contribution in [0, 0.1) is 0 Å². The molecule has 1 aromatic heterocycles. The molecule has 110 valence electrons. The molecular formula is C19H22ClN. The molecule has 21 heavy (non-hydrogen) atoms. The van der Waals surface area contributed by atoms with Crippen molar-refractivity contribution >= 4 is 11.6 Å². The van der Waals surface area contributed by atoms with Gasteiger partial charge in [0.05, 0.1) is 0 Å². The number of nitrogens with zero attached hydrogens (tertiary/aromatic N) is 1. The van der Waals surface area contributed by atoms with Crippen molar-refractivity contribution in [3.8, 4) is 0 Å². The maximum atomic E-state index is 5.87. The zero-order valence-electron chi connectivity index (χ0n) is 12.6. The highest BCUT2D eigenvalue weighted by Crippen LogP contribution is 2.40. The molecule has 1 aliphatic carbocycles. The predicted molar refractivity (Wildman–Crippen MR) is 89.0 cm³/mol. The van der Waals surface area contributed by atoms with Crippen molar-refractivity contribution in [1.82, 2.24) is 4.98 Å². The molecule has 0 bridgehead atoms. The summed E-state index contributed by atoms with van der Waals surface area (Å²) in [6.07, 6.45) is 8.13. The summed E-state index contributed by atoms with van der Waals surface area (Å²) in [7, 11) is 0.